The van der Waals surface area contributed by atoms with E-state index in [1.807, 2.05) is 24.3 Å². The Bertz CT molecular complexity index is 917. The van der Waals surface area contributed by atoms with Gasteiger partial charge in [-0.3, -0.25) is 0 Å². The van der Waals surface area contributed by atoms with Crippen molar-refractivity contribution in [2.24, 2.45) is 0 Å². The van der Waals surface area contributed by atoms with Crippen LogP contribution in [0.4, 0.5) is 0 Å². The van der Waals surface area contributed by atoms with Gasteiger partial charge in [-0.25, -0.2) is 0 Å². The summed E-state index contributed by atoms with van der Waals surface area (Å²) in [6.45, 7) is 0. The van der Waals surface area contributed by atoms with Crippen LogP contribution in [0.1, 0.15) is 193 Å². The second-order valence-electron chi connectivity index (χ2n) is 17.3. The second kappa shape index (κ2) is 26.0. The van der Waals surface area contributed by atoms with Crippen LogP contribution in [0.3, 0.4) is 0 Å². The van der Waals surface area contributed by atoms with Gasteiger partial charge < -0.3 is 5.11 Å². The number of rotatable bonds is 6. The summed E-state index contributed by atoms with van der Waals surface area (Å²) in [6.07, 6.45) is 47.6. The van der Waals surface area contributed by atoms with E-state index in [4.69, 9.17) is 5.11 Å². The van der Waals surface area contributed by atoms with Gasteiger partial charge in [-0.2, -0.15) is 24.3 Å². The molecule has 292 valence electrons. The van der Waals surface area contributed by atoms with Crippen LogP contribution in [0.15, 0.2) is 42.5 Å². The third kappa shape index (κ3) is 14.2. The molecule has 0 atom stereocenters. The van der Waals surface area contributed by atoms with Gasteiger partial charge in [-0.15, -0.1) is 16.8 Å². The van der Waals surface area contributed by atoms with Crippen molar-refractivity contribution in [1.82, 2.24) is 0 Å². The molecule has 1 N–H and O–H groups in total. The van der Waals surface area contributed by atoms with E-state index in [0.717, 1.165) is 7.11 Å². The zero-order valence-electron chi connectivity index (χ0n) is 33.0. The van der Waals surface area contributed by atoms with Crippen LogP contribution in [-0.2, 0) is 16.5 Å². The van der Waals surface area contributed by atoms with Crippen LogP contribution in [0, 0.1) is 6.07 Å². The van der Waals surface area contributed by atoms with E-state index < -0.39 is 0 Å². The Balaban J connectivity index is 0.000000173. The first kappa shape index (κ1) is 43.7. The van der Waals surface area contributed by atoms with Gasteiger partial charge in [0, 0.05) is 39.4 Å². The van der Waals surface area contributed by atoms with Gasteiger partial charge in [0.1, 0.15) is 0 Å². The van der Waals surface area contributed by atoms with Crippen LogP contribution in [0.5, 0.6) is 0 Å². The first-order valence-electron chi connectivity index (χ1n) is 22.4. The average molecular weight is 781 g/mol. The standard InChI is InChI=1S/2C18H33P.C10H7.CH4O.Ni/c2*1-4-10-16(11-5-1)19(17-12-6-2-7-13-17)18-14-8-3-9-15-18;1-2-6-10-8-4-3-7-9(10)5-1;1-2;/h2*16-18H,1-15H2;1-3,5-8H;2H,1H3;/q;;-1;;/p+2. The van der Waals surface area contributed by atoms with Crippen molar-refractivity contribution in [2.45, 2.75) is 227 Å². The molecule has 4 heteroatoms. The van der Waals surface area contributed by atoms with E-state index in [1.54, 1.807) is 193 Å². The Kier molecular flexibility index (Phi) is 22.3. The van der Waals surface area contributed by atoms with Gasteiger partial charge in [0.2, 0.25) is 0 Å². The predicted octanol–water partition coefficient (Wildman–Crippen LogP) is 14.6. The van der Waals surface area contributed by atoms with Crippen LogP contribution < -0.4 is 0 Å². The summed E-state index contributed by atoms with van der Waals surface area (Å²) in [4.78, 5) is 0. The van der Waals surface area contributed by atoms with Crippen molar-refractivity contribution in [3.8, 4) is 0 Å². The molecule has 0 unspecified atom stereocenters. The van der Waals surface area contributed by atoms with Crippen molar-refractivity contribution < 1.29 is 21.6 Å². The zero-order valence-corrected chi connectivity index (χ0v) is 36.0. The monoisotopic (exact) mass is 779 g/mol. The molecule has 6 saturated carbocycles. The Morgan fingerprint density at radius 2 is 0.647 bits per heavy atom. The third-order valence-corrected chi connectivity index (χ3v) is 23.2. The fourth-order valence-corrected chi connectivity index (χ4v) is 22.1. The molecular weight excluding hydrogens is 701 g/mol. The first-order chi connectivity index (χ1) is 24.9. The van der Waals surface area contributed by atoms with Crippen LogP contribution in [0.25, 0.3) is 10.8 Å². The summed E-state index contributed by atoms with van der Waals surface area (Å²) in [6, 6.07) is 17.3. The Hall–Kier alpha value is 0.0135. The molecule has 2 aromatic carbocycles. The molecule has 1 nitrogen and oxygen atoms in total. The predicted molar refractivity (Wildman–Crippen MR) is 229 cm³/mol. The molecule has 0 bridgehead atoms. The summed E-state index contributed by atoms with van der Waals surface area (Å²) in [5.74, 6) is 0. The third-order valence-electron chi connectivity index (χ3n) is 14.1. The van der Waals surface area contributed by atoms with Gasteiger partial charge in [-0.05, 0) is 154 Å². The molecule has 0 radical (unpaired) electrons. The Labute approximate surface area is 328 Å². The largest absolute Gasteiger partial charge is 0.400 e. The normalized spacial score (nSPS) is 23.6. The molecule has 51 heavy (non-hydrogen) atoms. The summed E-state index contributed by atoms with van der Waals surface area (Å²) in [7, 11) is 0.907. The average Bonchev–Trinajstić information content (AvgIpc) is 3.22. The molecule has 0 heterocycles. The Morgan fingerprint density at radius 1 is 0.392 bits per heavy atom. The molecule has 6 aliphatic rings. The van der Waals surface area contributed by atoms with Crippen molar-refractivity contribution in [1.29, 1.82) is 0 Å². The minimum atomic E-state index is -0.0465. The van der Waals surface area contributed by atoms with E-state index >= 15 is 0 Å². The molecule has 0 aromatic heterocycles. The summed E-state index contributed by atoms with van der Waals surface area (Å²) in [5, 5.41) is 9.53. The van der Waals surface area contributed by atoms with Crippen LogP contribution in [0.2, 0.25) is 0 Å². The number of aliphatic hydroxyl groups is 1. The fraction of sp³-hybridized carbons (Fsp3) is 0.787. The Morgan fingerprint density at radius 3 is 0.902 bits per heavy atom. The van der Waals surface area contributed by atoms with E-state index in [2.05, 4.69) is 24.3 Å². The summed E-state index contributed by atoms with van der Waals surface area (Å²) < 4.78 is 0. The van der Waals surface area contributed by atoms with Crippen molar-refractivity contribution >= 4 is 26.6 Å². The zero-order chi connectivity index (χ0) is 34.6. The van der Waals surface area contributed by atoms with Gasteiger partial charge >= 0.3 is 0 Å². The first-order valence-corrected chi connectivity index (χ1v) is 25.9. The SMILES string of the molecule is C1CCC([PH+](C2CCCCC2)C2CCCCC2)CC1.C1CCC([PH+](C2CCCCC2)C2CCCCC2)CC1.CO.[Ni].[c-]1ccc2ccccc2c1. The van der Waals surface area contributed by atoms with Crippen LogP contribution in [-0.4, -0.2) is 46.2 Å². The number of hydrogen-bond donors (Lipinski definition) is 1. The maximum absolute atomic E-state index is 7.00. The maximum atomic E-state index is 7.00. The second-order valence-corrected chi connectivity index (χ2v) is 24.2. The molecule has 0 amide bonds. The van der Waals surface area contributed by atoms with E-state index in [1.165, 1.54) is 44.7 Å². The molecular formula is C47H79NiOP2+. The van der Waals surface area contributed by atoms with Crippen molar-refractivity contribution in [3.05, 3.63) is 48.5 Å². The van der Waals surface area contributed by atoms with E-state index in [9.17, 15) is 0 Å². The van der Waals surface area contributed by atoms with Crippen molar-refractivity contribution in [3.63, 3.8) is 0 Å². The minimum absolute atomic E-state index is 0. The van der Waals surface area contributed by atoms with Gasteiger partial charge in [0.15, 0.2) is 0 Å². The minimum Gasteiger partial charge on any atom is -0.400 e. The summed E-state index contributed by atoms with van der Waals surface area (Å²) >= 11 is 0. The van der Waals surface area contributed by atoms with Gasteiger partial charge in [-0.1, -0.05) is 56.7 Å². The summed E-state index contributed by atoms with van der Waals surface area (Å²) in [5.41, 5.74) is 7.36. The van der Waals surface area contributed by atoms with E-state index in [0.29, 0.717) is 0 Å². The van der Waals surface area contributed by atoms with Gasteiger partial charge in [0.05, 0.1) is 34.0 Å². The molecule has 6 fully saturated rings. The smallest absolute Gasteiger partial charge is 0.0680 e. The molecule has 0 spiro atoms. The topological polar surface area (TPSA) is 20.2 Å². The number of fused-ring (bicyclic) bond motifs is 1. The molecule has 0 saturated heterocycles. The molecule has 2 aromatic rings. The number of aliphatic hydroxyl groups excluding tert-OH is 1. The molecule has 6 aliphatic carbocycles. The maximum Gasteiger partial charge on any atom is 0.0680 e. The van der Waals surface area contributed by atoms with E-state index in [-0.39, 0.29) is 32.3 Å². The van der Waals surface area contributed by atoms with Gasteiger partial charge in [0.25, 0.3) is 0 Å². The number of hydrogen-bond acceptors (Lipinski definition) is 1. The molecule has 0 aliphatic heterocycles. The number of benzene rings is 2. The van der Waals surface area contributed by atoms with Crippen molar-refractivity contribution in [2.75, 3.05) is 7.11 Å². The fourth-order valence-electron chi connectivity index (χ4n) is 11.7. The molecule has 8 rings (SSSR count). The van der Waals surface area contributed by atoms with Crippen LogP contribution >= 0.6 is 15.8 Å². The quantitative estimate of drug-likeness (QED) is 0.176.